The second-order valence-electron chi connectivity index (χ2n) is 1.48. The maximum absolute atomic E-state index is 9.65. The maximum Gasteiger partial charge on any atom is 1.00 e. The van der Waals surface area contributed by atoms with E-state index in [9.17, 15) is 9.90 Å². The molecule has 2 nitrogen and oxygen atoms in total. The van der Waals surface area contributed by atoms with Crippen molar-refractivity contribution in [3.05, 3.63) is 0 Å². The third kappa shape index (κ3) is 9.42. The fourth-order valence-corrected chi connectivity index (χ4v) is 0.321. The van der Waals surface area contributed by atoms with Crippen molar-refractivity contribution in [1.82, 2.24) is 0 Å². The van der Waals surface area contributed by atoms with E-state index in [0.29, 0.717) is 0 Å². The molecule has 0 amide bonds. The van der Waals surface area contributed by atoms with Crippen LogP contribution >= 0.6 is 0 Å². The van der Waals surface area contributed by atoms with E-state index >= 15 is 0 Å². The van der Waals surface area contributed by atoms with Gasteiger partial charge < -0.3 is 9.90 Å². The third-order valence-corrected chi connectivity index (χ3v) is 0.734. The Hall–Kier alpha value is 0.0674. The predicted octanol–water partition coefficient (Wildman–Crippen LogP) is -3.07. The van der Waals surface area contributed by atoms with Gasteiger partial charge in [-0.2, -0.15) is 0 Å². The number of carboxylic acid groups (broad SMARTS) is 1. The Morgan fingerprint density at radius 3 is 2.25 bits per heavy atom. The van der Waals surface area contributed by atoms with Gasteiger partial charge in [0.15, 0.2) is 0 Å². The molecule has 0 aromatic rings. The number of rotatable bonds is 3. The van der Waals surface area contributed by atoms with Crippen molar-refractivity contribution in [2.45, 2.75) is 26.2 Å². The standard InChI is InChI=1S/C5H10O2.Li/c1-2-3-4-5(6)7;/h2-4H2,1H3,(H,6,7);/q;+1/p-1. The molecule has 0 fully saturated rings. The minimum absolute atomic E-state index is 0. The average molecular weight is 108 g/mol. The van der Waals surface area contributed by atoms with Gasteiger partial charge in [-0.15, -0.1) is 0 Å². The molecule has 0 aromatic carbocycles. The van der Waals surface area contributed by atoms with Crippen LogP contribution in [0.3, 0.4) is 0 Å². The number of carbonyl (C=O) groups is 1. The van der Waals surface area contributed by atoms with Crippen molar-refractivity contribution >= 4 is 5.97 Å². The van der Waals surface area contributed by atoms with Gasteiger partial charge in [-0.1, -0.05) is 13.3 Å². The second-order valence-corrected chi connectivity index (χ2v) is 1.48. The molecule has 0 spiro atoms. The molecule has 0 saturated carbocycles. The topological polar surface area (TPSA) is 40.1 Å². The van der Waals surface area contributed by atoms with Gasteiger partial charge in [0.1, 0.15) is 0 Å². The van der Waals surface area contributed by atoms with Crippen LogP contribution in [0.25, 0.3) is 0 Å². The monoisotopic (exact) mass is 108 g/mol. The van der Waals surface area contributed by atoms with E-state index < -0.39 is 5.97 Å². The van der Waals surface area contributed by atoms with E-state index in [1.54, 1.807) is 0 Å². The summed E-state index contributed by atoms with van der Waals surface area (Å²) in [6.45, 7) is 1.95. The Bertz CT molecular complexity index is 63.4. The fourth-order valence-electron chi connectivity index (χ4n) is 0.321. The number of hydrogen-bond acceptors (Lipinski definition) is 2. The number of carboxylic acids is 1. The number of aliphatic carboxylic acids is 1. The van der Waals surface area contributed by atoms with Crippen LogP contribution in [0.1, 0.15) is 26.2 Å². The smallest absolute Gasteiger partial charge is 0.550 e. The van der Waals surface area contributed by atoms with E-state index in [-0.39, 0.29) is 25.3 Å². The van der Waals surface area contributed by atoms with Gasteiger partial charge in [-0.05, 0) is 12.8 Å². The molecule has 0 unspecified atom stereocenters. The molecule has 0 rings (SSSR count). The van der Waals surface area contributed by atoms with Gasteiger partial charge in [0, 0.05) is 5.97 Å². The molecule has 0 atom stereocenters. The Morgan fingerprint density at radius 2 is 2.12 bits per heavy atom. The summed E-state index contributed by atoms with van der Waals surface area (Å²) in [5.74, 6) is -0.943. The predicted molar refractivity (Wildman–Crippen MR) is 24.5 cm³/mol. The summed E-state index contributed by atoms with van der Waals surface area (Å²) in [5.41, 5.74) is 0. The van der Waals surface area contributed by atoms with Crippen LogP contribution in [-0.4, -0.2) is 5.97 Å². The first-order valence-corrected chi connectivity index (χ1v) is 2.47. The van der Waals surface area contributed by atoms with Crippen molar-refractivity contribution in [2.75, 3.05) is 0 Å². The summed E-state index contributed by atoms with van der Waals surface area (Å²) in [4.78, 5) is 9.65. The van der Waals surface area contributed by atoms with Gasteiger partial charge in [0.05, 0.1) is 0 Å². The van der Waals surface area contributed by atoms with Crippen LogP contribution < -0.4 is 24.0 Å². The number of hydrogen-bond donors (Lipinski definition) is 0. The molecule has 0 aliphatic rings. The zero-order valence-electron chi connectivity index (χ0n) is 5.44. The molecule has 0 N–H and O–H groups in total. The molecule has 0 aromatic heterocycles. The minimum atomic E-state index is -0.943. The van der Waals surface area contributed by atoms with Crippen molar-refractivity contribution < 1.29 is 28.8 Å². The first-order chi connectivity index (χ1) is 3.27. The van der Waals surface area contributed by atoms with Gasteiger partial charge in [0.25, 0.3) is 0 Å². The summed E-state index contributed by atoms with van der Waals surface area (Å²) in [5, 5.41) is 9.65. The van der Waals surface area contributed by atoms with Crippen LogP contribution in [0, 0.1) is 0 Å². The Morgan fingerprint density at radius 1 is 1.62 bits per heavy atom. The summed E-state index contributed by atoms with van der Waals surface area (Å²) < 4.78 is 0. The number of unbranched alkanes of at least 4 members (excludes halogenated alkanes) is 1. The van der Waals surface area contributed by atoms with Crippen LogP contribution in [0.15, 0.2) is 0 Å². The molecule has 0 bridgehead atoms. The molecule has 0 heterocycles. The molecular weight excluding hydrogens is 99.0 g/mol. The van der Waals surface area contributed by atoms with E-state index in [4.69, 9.17) is 0 Å². The average Bonchev–Trinajstić information content (AvgIpc) is 1.61. The van der Waals surface area contributed by atoms with Crippen molar-refractivity contribution in [3.63, 3.8) is 0 Å². The fraction of sp³-hybridized carbons (Fsp3) is 0.800. The van der Waals surface area contributed by atoms with Crippen LogP contribution in [-0.2, 0) is 4.79 Å². The largest absolute Gasteiger partial charge is 1.00 e. The summed E-state index contributed by atoms with van der Waals surface area (Å²) in [6.07, 6.45) is 1.87. The molecule has 0 radical (unpaired) electrons. The molecule has 0 aliphatic carbocycles. The van der Waals surface area contributed by atoms with Crippen molar-refractivity contribution in [3.8, 4) is 0 Å². The third-order valence-electron chi connectivity index (χ3n) is 0.734. The normalized spacial score (nSPS) is 7.62. The Kier molecular flexibility index (Phi) is 9.67. The zero-order chi connectivity index (χ0) is 5.70. The van der Waals surface area contributed by atoms with E-state index in [1.807, 2.05) is 6.92 Å². The van der Waals surface area contributed by atoms with Crippen LogP contribution in [0.4, 0.5) is 0 Å². The minimum Gasteiger partial charge on any atom is -0.550 e. The van der Waals surface area contributed by atoms with Gasteiger partial charge in [-0.3, -0.25) is 0 Å². The van der Waals surface area contributed by atoms with E-state index in [1.165, 1.54) is 0 Å². The molecule has 0 saturated heterocycles. The summed E-state index contributed by atoms with van der Waals surface area (Å²) >= 11 is 0. The maximum atomic E-state index is 9.65. The SMILES string of the molecule is CCCCC(=O)[O-].[Li+]. The summed E-state index contributed by atoms with van der Waals surface area (Å²) in [6, 6.07) is 0. The van der Waals surface area contributed by atoms with Crippen LogP contribution in [0.5, 0.6) is 0 Å². The number of carbonyl (C=O) groups excluding carboxylic acids is 1. The van der Waals surface area contributed by atoms with Gasteiger partial charge >= 0.3 is 18.9 Å². The van der Waals surface area contributed by atoms with Gasteiger partial charge in [-0.25, -0.2) is 0 Å². The molecule has 3 heteroatoms. The quantitative estimate of drug-likeness (QED) is 0.360. The first-order valence-electron chi connectivity index (χ1n) is 2.47. The molecule has 8 heavy (non-hydrogen) atoms. The Balaban J connectivity index is 0. The molecule has 42 valence electrons. The van der Waals surface area contributed by atoms with Crippen LogP contribution in [0.2, 0.25) is 0 Å². The van der Waals surface area contributed by atoms with E-state index in [2.05, 4.69) is 0 Å². The summed E-state index contributed by atoms with van der Waals surface area (Å²) in [7, 11) is 0. The zero-order valence-corrected chi connectivity index (χ0v) is 5.44. The van der Waals surface area contributed by atoms with Gasteiger partial charge in [0.2, 0.25) is 0 Å². The van der Waals surface area contributed by atoms with E-state index in [0.717, 1.165) is 12.8 Å². The van der Waals surface area contributed by atoms with Crippen molar-refractivity contribution in [2.24, 2.45) is 0 Å². The Labute approximate surface area is 61.5 Å². The first kappa shape index (κ1) is 10.9. The molecule has 0 aliphatic heterocycles. The van der Waals surface area contributed by atoms with Crippen molar-refractivity contribution in [1.29, 1.82) is 0 Å². The second kappa shape index (κ2) is 7.07. The molecular formula is C5H9LiO2.